The lowest BCUT2D eigenvalue weighted by molar-refractivity contribution is -0.134. The maximum atomic E-state index is 11.1. The zero-order valence-electron chi connectivity index (χ0n) is 12.0. The Morgan fingerprint density at radius 2 is 1.67 bits per heavy atom. The molecule has 0 saturated heterocycles. The minimum Gasteiger partial charge on any atom is -0.423 e. The molecule has 1 aromatic carbocycles. The fourth-order valence-corrected chi connectivity index (χ4v) is 1.56. The second-order valence-corrected chi connectivity index (χ2v) is 4.35. The molecule has 0 aliphatic carbocycles. The van der Waals surface area contributed by atoms with E-state index in [1.807, 2.05) is 0 Å². The summed E-state index contributed by atoms with van der Waals surface area (Å²) in [6.45, 7) is 3.78. The number of esters is 2. The molecule has 1 rings (SSSR count). The third-order valence-electron chi connectivity index (χ3n) is 2.40. The molecule has 7 heteroatoms. The van der Waals surface area contributed by atoms with Crippen molar-refractivity contribution in [2.75, 3.05) is 6.54 Å². The lowest BCUT2D eigenvalue weighted by Crippen LogP contribution is -2.25. The highest BCUT2D eigenvalue weighted by Crippen LogP contribution is 2.31. The molecule has 1 amide bonds. The van der Waals surface area contributed by atoms with Gasteiger partial charge in [0.2, 0.25) is 5.91 Å². The normalized spacial score (nSPS) is 11.4. The molecule has 0 aliphatic heterocycles. The van der Waals surface area contributed by atoms with Gasteiger partial charge in [0, 0.05) is 27.3 Å². The first-order valence-electron chi connectivity index (χ1n) is 6.23. The van der Waals surface area contributed by atoms with E-state index in [2.05, 4.69) is 5.32 Å². The molecule has 114 valence electrons. The molecule has 21 heavy (non-hydrogen) atoms. The predicted molar refractivity (Wildman–Crippen MR) is 72.7 cm³/mol. The van der Waals surface area contributed by atoms with Crippen LogP contribution in [0.25, 0.3) is 0 Å². The first kappa shape index (κ1) is 16.6. The van der Waals surface area contributed by atoms with Crippen LogP contribution in [0.4, 0.5) is 0 Å². The smallest absolute Gasteiger partial charge is 0.308 e. The average Bonchev–Trinajstić information content (AvgIpc) is 2.36. The molecule has 0 aromatic heterocycles. The molecule has 0 fully saturated rings. The van der Waals surface area contributed by atoms with Crippen molar-refractivity contribution < 1.29 is 29.0 Å². The number of carbonyl (C=O) groups is 3. The van der Waals surface area contributed by atoms with Crippen molar-refractivity contribution in [2.45, 2.75) is 26.9 Å². The summed E-state index contributed by atoms with van der Waals surface area (Å²) < 4.78 is 9.86. The molecule has 0 heterocycles. The number of benzene rings is 1. The van der Waals surface area contributed by atoms with Crippen LogP contribution < -0.4 is 14.8 Å². The van der Waals surface area contributed by atoms with Crippen LogP contribution in [0.1, 0.15) is 32.4 Å². The highest BCUT2D eigenvalue weighted by Gasteiger charge is 2.15. The van der Waals surface area contributed by atoms with Gasteiger partial charge in [-0.1, -0.05) is 6.07 Å². The van der Waals surface area contributed by atoms with E-state index in [0.717, 1.165) is 0 Å². The van der Waals surface area contributed by atoms with E-state index in [9.17, 15) is 19.5 Å². The highest BCUT2D eigenvalue weighted by atomic mass is 16.6. The Morgan fingerprint density at radius 1 is 1.10 bits per heavy atom. The molecule has 0 spiro atoms. The number of aliphatic hydroxyl groups is 1. The van der Waals surface area contributed by atoms with Gasteiger partial charge in [0.05, 0.1) is 6.10 Å². The number of amides is 1. The Labute approximate surface area is 121 Å². The van der Waals surface area contributed by atoms with E-state index >= 15 is 0 Å². The Balaban J connectivity index is 2.99. The number of hydrogen-bond donors (Lipinski definition) is 2. The van der Waals surface area contributed by atoms with Gasteiger partial charge in [-0.05, 0) is 17.7 Å². The van der Waals surface area contributed by atoms with Crippen molar-refractivity contribution in [3.8, 4) is 11.5 Å². The molecule has 7 nitrogen and oxygen atoms in total. The third kappa shape index (κ3) is 5.62. The number of aliphatic hydroxyl groups excluding tert-OH is 1. The minimum absolute atomic E-state index is 0.0156. The summed E-state index contributed by atoms with van der Waals surface area (Å²) in [4.78, 5) is 32.9. The number of ether oxygens (including phenoxy) is 2. The van der Waals surface area contributed by atoms with E-state index < -0.39 is 18.0 Å². The molecular formula is C14H17NO6. The topological polar surface area (TPSA) is 102 Å². The third-order valence-corrected chi connectivity index (χ3v) is 2.40. The largest absolute Gasteiger partial charge is 0.423 e. The molecule has 0 saturated carbocycles. The summed E-state index contributed by atoms with van der Waals surface area (Å²) in [5.41, 5.74) is 0.413. The predicted octanol–water partition coefficient (Wildman–Crippen LogP) is 0.707. The minimum atomic E-state index is -0.977. The van der Waals surface area contributed by atoms with E-state index in [1.165, 1.54) is 39.0 Å². The van der Waals surface area contributed by atoms with Crippen LogP contribution in [0.5, 0.6) is 11.5 Å². The van der Waals surface area contributed by atoms with Gasteiger partial charge in [-0.3, -0.25) is 14.4 Å². The average molecular weight is 295 g/mol. The number of nitrogens with one attached hydrogen (secondary N) is 1. The van der Waals surface area contributed by atoms with Crippen LogP contribution >= 0.6 is 0 Å². The van der Waals surface area contributed by atoms with Crippen molar-refractivity contribution in [2.24, 2.45) is 0 Å². The lowest BCUT2D eigenvalue weighted by Gasteiger charge is -2.14. The van der Waals surface area contributed by atoms with Crippen LogP contribution in [0.3, 0.4) is 0 Å². The standard InChI is InChI=1S/C14H17NO6/c1-8(16)15-7-12(19)11-4-5-13(20-9(2)17)14(6-11)21-10(3)18/h4-6,12,19H,7H2,1-3H3,(H,15,16). The molecule has 1 atom stereocenters. The summed E-state index contributed by atoms with van der Waals surface area (Å²) in [7, 11) is 0. The van der Waals surface area contributed by atoms with Gasteiger partial charge in [0.15, 0.2) is 11.5 Å². The van der Waals surface area contributed by atoms with Crippen LogP contribution in [0.15, 0.2) is 18.2 Å². The van der Waals surface area contributed by atoms with Crippen molar-refractivity contribution >= 4 is 17.8 Å². The van der Waals surface area contributed by atoms with Crippen LogP contribution in [-0.2, 0) is 14.4 Å². The van der Waals surface area contributed by atoms with E-state index in [-0.39, 0.29) is 24.0 Å². The molecule has 0 aliphatic rings. The van der Waals surface area contributed by atoms with Gasteiger partial charge in [0.25, 0.3) is 0 Å². The van der Waals surface area contributed by atoms with Crippen LogP contribution in [0, 0.1) is 0 Å². The van der Waals surface area contributed by atoms with Gasteiger partial charge in [-0.2, -0.15) is 0 Å². The quantitative estimate of drug-likeness (QED) is 0.612. The first-order valence-corrected chi connectivity index (χ1v) is 6.23. The van der Waals surface area contributed by atoms with Gasteiger partial charge < -0.3 is 19.9 Å². The monoisotopic (exact) mass is 295 g/mol. The Bertz CT molecular complexity index is 554. The maximum absolute atomic E-state index is 11.1. The zero-order valence-corrected chi connectivity index (χ0v) is 12.0. The molecule has 0 bridgehead atoms. The zero-order chi connectivity index (χ0) is 16.0. The summed E-state index contributed by atoms with van der Waals surface area (Å²) >= 11 is 0. The van der Waals surface area contributed by atoms with Gasteiger partial charge >= 0.3 is 11.9 Å². The first-order chi connectivity index (χ1) is 9.79. The highest BCUT2D eigenvalue weighted by molar-refractivity contribution is 5.74. The second kappa shape index (κ2) is 7.39. The fraction of sp³-hybridized carbons (Fsp3) is 0.357. The number of hydrogen-bond acceptors (Lipinski definition) is 6. The van der Waals surface area contributed by atoms with Gasteiger partial charge in [0.1, 0.15) is 0 Å². The van der Waals surface area contributed by atoms with E-state index in [1.54, 1.807) is 0 Å². The van der Waals surface area contributed by atoms with Gasteiger partial charge in [-0.25, -0.2) is 0 Å². The molecular weight excluding hydrogens is 278 g/mol. The molecule has 1 unspecified atom stereocenters. The van der Waals surface area contributed by atoms with Gasteiger partial charge in [-0.15, -0.1) is 0 Å². The van der Waals surface area contributed by atoms with E-state index in [4.69, 9.17) is 9.47 Å². The lowest BCUT2D eigenvalue weighted by atomic mass is 10.1. The summed E-state index contributed by atoms with van der Waals surface area (Å²) in [5, 5.41) is 12.4. The Morgan fingerprint density at radius 3 is 2.19 bits per heavy atom. The maximum Gasteiger partial charge on any atom is 0.308 e. The molecule has 0 radical (unpaired) electrons. The molecule has 1 aromatic rings. The van der Waals surface area contributed by atoms with E-state index in [0.29, 0.717) is 5.56 Å². The Kier molecular flexibility index (Phi) is 5.86. The van der Waals surface area contributed by atoms with Crippen molar-refractivity contribution in [3.05, 3.63) is 23.8 Å². The second-order valence-electron chi connectivity index (χ2n) is 4.35. The number of rotatable bonds is 5. The SMILES string of the molecule is CC(=O)NCC(O)c1ccc(OC(C)=O)c(OC(C)=O)c1. The molecule has 2 N–H and O–H groups in total. The summed E-state index contributed by atoms with van der Waals surface area (Å²) in [6.07, 6.45) is -0.977. The Hall–Kier alpha value is -2.41. The fourth-order valence-electron chi connectivity index (χ4n) is 1.56. The summed E-state index contributed by atoms with van der Waals surface area (Å²) in [5.74, 6) is -1.32. The van der Waals surface area contributed by atoms with Crippen molar-refractivity contribution in [3.63, 3.8) is 0 Å². The summed E-state index contributed by atoms with van der Waals surface area (Å²) in [6, 6.07) is 4.30. The van der Waals surface area contributed by atoms with Crippen molar-refractivity contribution in [1.29, 1.82) is 0 Å². The van der Waals surface area contributed by atoms with Crippen LogP contribution in [0.2, 0.25) is 0 Å². The van der Waals surface area contributed by atoms with Crippen LogP contribution in [-0.4, -0.2) is 29.5 Å². The number of carbonyl (C=O) groups excluding carboxylic acids is 3. The van der Waals surface area contributed by atoms with Crippen molar-refractivity contribution in [1.82, 2.24) is 5.32 Å².